The number of hydrogen-bond donors (Lipinski definition) is 0. The van der Waals surface area contributed by atoms with Gasteiger partial charge in [0.1, 0.15) is 6.04 Å². The van der Waals surface area contributed by atoms with E-state index in [-0.39, 0.29) is 24.3 Å². The monoisotopic (exact) mass is 404 g/mol. The van der Waals surface area contributed by atoms with Crippen LogP contribution in [0.3, 0.4) is 0 Å². The molecule has 156 valence electrons. The summed E-state index contributed by atoms with van der Waals surface area (Å²) >= 11 is 0. The summed E-state index contributed by atoms with van der Waals surface area (Å²) in [6, 6.07) is -0.815. The highest BCUT2D eigenvalue weighted by atomic mass is 19.4. The molecule has 0 radical (unpaired) electrons. The summed E-state index contributed by atoms with van der Waals surface area (Å²) in [7, 11) is 0. The number of likely N-dealkylation sites (tertiary alicyclic amines) is 1. The van der Waals surface area contributed by atoms with E-state index >= 15 is 0 Å². The van der Waals surface area contributed by atoms with Gasteiger partial charge in [0.15, 0.2) is 0 Å². The van der Waals surface area contributed by atoms with Crippen LogP contribution in [0.1, 0.15) is 50.3 Å². The minimum Gasteiger partial charge on any atom is -0.302 e. The number of alkyl halides is 3. The van der Waals surface area contributed by atoms with Gasteiger partial charge in [-0.05, 0) is 42.6 Å². The molecule has 9 heteroatoms. The first kappa shape index (κ1) is 20.8. The Labute approximate surface area is 160 Å². The van der Waals surface area contributed by atoms with Crippen molar-refractivity contribution < 1.29 is 27.4 Å². The Bertz CT molecular complexity index is 791. The molecule has 0 bridgehead atoms. The Morgan fingerprint density at radius 1 is 1.29 bits per heavy atom. The van der Waals surface area contributed by atoms with Crippen molar-refractivity contribution >= 4 is 5.97 Å². The molecule has 1 saturated carbocycles. The highest BCUT2D eigenvalue weighted by Crippen LogP contribution is 2.52. The molecule has 1 aromatic heterocycles. The molecule has 0 aromatic carbocycles. The third kappa shape index (κ3) is 4.39. The second-order valence-corrected chi connectivity index (χ2v) is 8.46. The summed E-state index contributed by atoms with van der Waals surface area (Å²) in [5.74, 6) is -1.39. The van der Waals surface area contributed by atoms with Gasteiger partial charge in [0.25, 0.3) is 5.56 Å². The number of hydrogen-bond acceptors (Lipinski definition) is 4. The zero-order valence-electron chi connectivity index (χ0n) is 15.9. The van der Waals surface area contributed by atoms with E-state index < -0.39 is 29.3 Å². The molecule has 1 unspecified atom stereocenters. The second kappa shape index (κ2) is 7.50. The van der Waals surface area contributed by atoms with Gasteiger partial charge in [-0.15, -0.1) is 0 Å². The highest BCUT2D eigenvalue weighted by Gasteiger charge is 2.51. The van der Waals surface area contributed by atoms with Crippen molar-refractivity contribution in [2.24, 2.45) is 11.3 Å². The van der Waals surface area contributed by atoms with Crippen LogP contribution < -0.4 is 5.56 Å². The minimum atomic E-state index is -4.69. The smallest absolute Gasteiger partial charge is 0.302 e. The first-order valence-corrected chi connectivity index (χ1v) is 9.42. The summed E-state index contributed by atoms with van der Waals surface area (Å²) in [6.45, 7) is 5.72. The lowest BCUT2D eigenvalue weighted by molar-refractivity contribution is -0.188. The third-order valence-electron chi connectivity index (χ3n) is 5.62. The van der Waals surface area contributed by atoms with Gasteiger partial charge < -0.3 is 9.47 Å². The van der Waals surface area contributed by atoms with Gasteiger partial charge in [0.05, 0.1) is 5.56 Å². The standard InChI is InChI=1S/C19H24F4N2O3/c1-12(2)7-15(17(27)28-23)25-9-13(14(8-16(25)26)19(20,21)22)3-6-24-10-18(11-24)4-5-18/h8-9,12,15H,3-7,10-11H2,1-2H3. The van der Waals surface area contributed by atoms with Crippen molar-refractivity contribution in [3.05, 3.63) is 33.7 Å². The van der Waals surface area contributed by atoms with Gasteiger partial charge in [0.2, 0.25) is 0 Å². The Morgan fingerprint density at radius 3 is 2.43 bits per heavy atom. The van der Waals surface area contributed by atoms with Crippen molar-refractivity contribution in [1.29, 1.82) is 0 Å². The lowest BCUT2D eigenvalue weighted by Gasteiger charge is -2.40. The van der Waals surface area contributed by atoms with E-state index in [9.17, 15) is 27.3 Å². The molecule has 0 amide bonds. The fourth-order valence-electron chi connectivity index (χ4n) is 3.95. The third-order valence-corrected chi connectivity index (χ3v) is 5.62. The lowest BCUT2D eigenvalue weighted by atomic mass is 9.95. The summed E-state index contributed by atoms with van der Waals surface area (Å²) in [5, 5.41) is 0. The average molecular weight is 404 g/mol. The molecule has 2 heterocycles. The van der Waals surface area contributed by atoms with Crippen LogP contribution in [0.15, 0.2) is 17.1 Å². The Hall–Kier alpha value is -1.90. The Balaban J connectivity index is 1.89. The SMILES string of the molecule is CC(C)CC(C(=O)OF)n1cc(CCN2CC3(CC3)C2)c(C(F)(F)F)cc1=O. The topological polar surface area (TPSA) is 51.5 Å². The van der Waals surface area contributed by atoms with E-state index in [0.717, 1.165) is 23.9 Å². The van der Waals surface area contributed by atoms with E-state index in [1.807, 2.05) is 0 Å². The van der Waals surface area contributed by atoms with Gasteiger partial charge >= 0.3 is 12.1 Å². The zero-order chi connectivity index (χ0) is 20.7. The number of aromatic nitrogens is 1. The summed E-state index contributed by atoms with van der Waals surface area (Å²) in [5.41, 5.74) is -1.71. The maximum atomic E-state index is 13.4. The second-order valence-electron chi connectivity index (χ2n) is 8.46. The molecule has 5 nitrogen and oxygen atoms in total. The molecular formula is C19H24F4N2O3. The van der Waals surface area contributed by atoms with E-state index in [0.29, 0.717) is 18.0 Å². The highest BCUT2D eigenvalue weighted by molar-refractivity contribution is 5.73. The van der Waals surface area contributed by atoms with Gasteiger partial charge in [-0.3, -0.25) is 9.74 Å². The van der Waals surface area contributed by atoms with E-state index in [1.54, 1.807) is 13.8 Å². The number of pyridine rings is 1. The van der Waals surface area contributed by atoms with Crippen LogP contribution in [0.5, 0.6) is 0 Å². The number of nitrogens with zero attached hydrogens (tertiary/aromatic N) is 2. The minimum absolute atomic E-state index is 0.0715. The van der Waals surface area contributed by atoms with Crippen LogP contribution in [0, 0.1) is 11.3 Å². The molecule has 1 aliphatic heterocycles. The Morgan fingerprint density at radius 2 is 1.93 bits per heavy atom. The molecule has 0 N–H and O–H groups in total. The maximum Gasteiger partial charge on any atom is 0.416 e. The molecule has 1 aliphatic carbocycles. The lowest BCUT2D eigenvalue weighted by Crippen LogP contribution is -2.49. The van der Waals surface area contributed by atoms with Crippen molar-refractivity contribution in [3.63, 3.8) is 0 Å². The first-order chi connectivity index (χ1) is 13.0. The van der Waals surface area contributed by atoms with Crippen LogP contribution >= 0.6 is 0 Å². The van der Waals surface area contributed by atoms with Crippen LogP contribution in [0.25, 0.3) is 0 Å². The summed E-state index contributed by atoms with van der Waals surface area (Å²) in [4.78, 5) is 29.5. The predicted molar refractivity (Wildman–Crippen MR) is 93.2 cm³/mol. The largest absolute Gasteiger partial charge is 0.416 e. The number of carbonyl (C=O) groups is 1. The van der Waals surface area contributed by atoms with Crippen molar-refractivity contribution in [2.45, 2.75) is 51.7 Å². The van der Waals surface area contributed by atoms with Crippen molar-refractivity contribution in [1.82, 2.24) is 9.47 Å². The summed E-state index contributed by atoms with van der Waals surface area (Å²) < 4.78 is 53.7. The van der Waals surface area contributed by atoms with Gasteiger partial charge in [-0.25, -0.2) is 4.79 Å². The molecule has 1 atom stereocenters. The number of halogens is 4. The normalized spacial score (nSPS) is 19.5. The molecule has 1 saturated heterocycles. The molecule has 1 aromatic rings. The molecule has 1 spiro atoms. The molecular weight excluding hydrogens is 380 g/mol. The van der Waals surface area contributed by atoms with Gasteiger partial charge in [0, 0.05) is 36.4 Å². The molecule has 2 aliphatic rings. The number of carbonyl (C=O) groups excluding carboxylic acids is 1. The van der Waals surface area contributed by atoms with Crippen molar-refractivity contribution in [3.8, 4) is 0 Å². The Kier molecular flexibility index (Phi) is 5.58. The fraction of sp³-hybridized carbons (Fsp3) is 0.684. The van der Waals surface area contributed by atoms with Crippen LogP contribution in [0.4, 0.5) is 17.7 Å². The average Bonchev–Trinajstić information content (AvgIpc) is 3.37. The first-order valence-electron chi connectivity index (χ1n) is 9.42. The van der Waals surface area contributed by atoms with E-state index in [4.69, 9.17) is 0 Å². The van der Waals surface area contributed by atoms with E-state index in [1.165, 1.54) is 12.8 Å². The van der Waals surface area contributed by atoms with Gasteiger partial charge in [-0.1, -0.05) is 13.8 Å². The van der Waals surface area contributed by atoms with Crippen LogP contribution in [0.2, 0.25) is 0 Å². The number of rotatable bonds is 7. The predicted octanol–water partition coefficient (Wildman–Crippen LogP) is 3.52. The van der Waals surface area contributed by atoms with Crippen LogP contribution in [-0.2, 0) is 22.3 Å². The van der Waals surface area contributed by atoms with Gasteiger partial charge in [-0.2, -0.15) is 13.2 Å². The summed E-state index contributed by atoms with van der Waals surface area (Å²) in [6.07, 6.45) is -1.14. The van der Waals surface area contributed by atoms with Crippen molar-refractivity contribution in [2.75, 3.05) is 19.6 Å². The maximum absolute atomic E-state index is 13.4. The van der Waals surface area contributed by atoms with Crippen LogP contribution in [-0.4, -0.2) is 35.1 Å². The fourth-order valence-corrected chi connectivity index (χ4v) is 3.95. The van der Waals surface area contributed by atoms with E-state index in [2.05, 4.69) is 9.84 Å². The quantitative estimate of drug-likeness (QED) is 0.653. The zero-order valence-corrected chi connectivity index (χ0v) is 15.9. The molecule has 28 heavy (non-hydrogen) atoms. The molecule has 3 rings (SSSR count). The molecule has 2 fully saturated rings.